The Labute approximate surface area is 114 Å². The Bertz CT molecular complexity index is 392. The predicted octanol–water partition coefficient (Wildman–Crippen LogP) is 3.32. The average Bonchev–Trinajstić information content (AvgIpc) is 2.35. The van der Waals surface area contributed by atoms with Gasteiger partial charge < -0.3 is 10.1 Å². The van der Waals surface area contributed by atoms with Crippen LogP contribution < -0.4 is 10.1 Å². The summed E-state index contributed by atoms with van der Waals surface area (Å²) in [5.41, 5.74) is 1.70. The van der Waals surface area contributed by atoms with Crippen LogP contribution in [0.15, 0.2) is 24.3 Å². The first-order valence-corrected chi connectivity index (χ1v) is 7.69. The lowest BCUT2D eigenvalue weighted by Crippen LogP contribution is -2.40. The van der Waals surface area contributed by atoms with E-state index < -0.39 is 0 Å². The van der Waals surface area contributed by atoms with Gasteiger partial charge in [-0.3, -0.25) is 0 Å². The first-order chi connectivity index (χ1) is 8.61. The molecule has 2 rings (SSSR count). The van der Waals surface area contributed by atoms with Gasteiger partial charge in [-0.1, -0.05) is 32.0 Å². The van der Waals surface area contributed by atoms with Crippen molar-refractivity contribution in [1.82, 2.24) is 5.32 Å². The van der Waals surface area contributed by atoms with E-state index in [9.17, 15) is 0 Å². The minimum Gasteiger partial charge on any atom is -0.496 e. The molecular formula is C15H23NOS. The molecule has 1 heterocycles. The van der Waals surface area contributed by atoms with Gasteiger partial charge in [-0.05, 0) is 23.7 Å². The fourth-order valence-corrected chi connectivity index (χ4v) is 3.81. The number of ether oxygens (including phenoxy) is 1. The van der Waals surface area contributed by atoms with E-state index in [1.54, 1.807) is 7.11 Å². The minimum absolute atomic E-state index is 0.460. The maximum Gasteiger partial charge on any atom is 0.123 e. The second kappa shape index (κ2) is 5.98. The molecule has 1 atom stereocenters. The molecule has 1 aromatic carbocycles. The van der Waals surface area contributed by atoms with Gasteiger partial charge >= 0.3 is 0 Å². The third-order valence-electron chi connectivity index (χ3n) is 3.38. The Kier molecular flexibility index (Phi) is 4.57. The molecule has 1 aromatic rings. The van der Waals surface area contributed by atoms with Crippen LogP contribution in [-0.4, -0.2) is 24.7 Å². The van der Waals surface area contributed by atoms with Gasteiger partial charge in [0.15, 0.2) is 0 Å². The summed E-state index contributed by atoms with van der Waals surface area (Å²) < 4.78 is 5.38. The third kappa shape index (κ3) is 3.66. The molecule has 1 unspecified atom stereocenters. The normalized spacial score (nSPS) is 22.7. The maximum absolute atomic E-state index is 5.38. The molecule has 1 aliphatic heterocycles. The predicted molar refractivity (Wildman–Crippen MR) is 79.3 cm³/mol. The first-order valence-electron chi connectivity index (χ1n) is 6.54. The number of rotatable bonds is 4. The van der Waals surface area contributed by atoms with Crippen LogP contribution in [0.2, 0.25) is 0 Å². The van der Waals surface area contributed by atoms with Crippen LogP contribution in [0, 0.1) is 5.41 Å². The van der Waals surface area contributed by atoms with Crippen molar-refractivity contribution >= 4 is 11.8 Å². The smallest absolute Gasteiger partial charge is 0.123 e. The van der Waals surface area contributed by atoms with Gasteiger partial charge in [0.2, 0.25) is 0 Å². The highest BCUT2D eigenvalue weighted by Crippen LogP contribution is 2.33. The summed E-state index contributed by atoms with van der Waals surface area (Å²) in [5, 5.41) is 3.67. The van der Waals surface area contributed by atoms with Crippen molar-refractivity contribution in [1.29, 1.82) is 0 Å². The van der Waals surface area contributed by atoms with Crippen molar-refractivity contribution in [2.24, 2.45) is 5.41 Å². The maximum atomic E-state index is 5.38. The van der Waals surface area contributed by atoms with Crippen LogP contribution in [0.4, 0.5) is 0 Å². The minimum atomic E-state index is 0.460. The largest absolute Gasteiger partial charge is 0.496 e. The van der Waals surface area contributed by atoms with Crippen LogP contribution in [0.25, 0.3) is 0 Å². The highest BCUT2D eigenvalue weighted by atomic mass is 32.2. The van der Waals surface area contributed by atoms with Crippen LogP contribution in [0.1, 0.15) is 25.8 Å². The van der Waals surface area contributed by atoms with E-state index in [4.69, 9.17) is 4.74 Å². The second-order valence-corrected chi connectivity index (χ2v) is 6.80. The summed E-state index contributed by atoms with van der Waals surface area (Å²) in [6.07, 6.45) is 1.26. The van der Waals surface area contributed by atoms with Crippen molar-refractivity contribution in [2.45, 2.75) is 32.9 Å². The lowest BCUT2D eigenvalue weighted by Gasteiger charge is -2.35. The quantitative estimate of drug-likeness (QED) is 0.902. The molecular weight excluding hydrogens is 242 g/mol. The van der Waals surface area contributed by atoms with Crippen LogP contribution >= 0.6 is 11.8 Å². The Hall–Kier alpha value is -0.670. The molecule has 0 aliphatic carbocycles. The molecule has 1 saturated heterocycles. The number of benzene rings is 1. The third-order valence-corrected chi connectivity index (χ3v) is 5.01. The molecule has 0 saturated carbocycles. The molecule has 0 spiro atoms. The molecule has 3 heteroatoms. The van der Waals surface area contributed by atoms with Crippen molar-refractivity contribution in [3.05, 3.63) is 29.8 Å². The fraction of sp³-hybridized carbons (Fsp3) is 0.600. The second-order valence-electron chi connectivity index (χ2n) is 5.77. The molecule has 100 valence electrons. The van der Waals surface area contributed by atoms with Crippen LogP contribution in [-0.2, 0) is 6.54 Å². The topological polar surface area (TPSA) is 21.3 Å². The van der Waals surface area contributed by atoms with Gasteiger partial charge in [0.1, 0.15) is 5.75 Å². The molecule has 0 aromatic heterocycles. The Morgan fingerprint density at radius 3 is 2.89 bits per heavy atom. The summed E-state index contributed by atoms with van der Waals surface area (Å²) in [4.78, 5) is 0. The van der Waals surface area contributed by atoms with E-state index in [0.29, 0.717) is 11.5 Å². The van der Waals surface area contributed by atoms with Crippen molar-refractivity contribution in [2.75, 3.05) is 18.6 Å². The van der Waals surface area contributed by atoms with Gasteiger partial charge in [0, 0.05) is 23.9 Å². The zero-order chi connectivity index (χ0) is 13.0. The lowest BCUT2D eigenvalue weighted by atomic mass is 9.88. The lowest BCUT2D eigenvalue weighted by molar-refractivity contribution is 0.316. The standard InChI is InChI=1S/C15H23NOS/c1-15(2)8-13(10-18-11-15)16-9-12-6-4-5-7-14(12)17-3/h4-7,13,16H,8-11H2,1-3H3. The molecule has 2 nitrogen and oxygen atoms in total. The number of nitrogens with one attached hydrogen (secondary N) is 1. The number of thioether (sulfide) groups is 1. The zero-order valence-electron chi connectivity index (χ0n) is 11.5. The number of methoxy groups -OCH3 is 1. The van der Waals surface area contributed by atoms with Crippen LogP contribution in [0.5, 0.6) is 5.75 Å². The molecule has 1 N–H and O–H groups in total. The molecule has 0 amide bonds. The van der Waals surface area contributed by atoms with E-state index in [1.807, 2.05) is 12.1 Å². The number of para-hydroxylation sites is 1. The fourth-order valence-electron chi connectivity index (χ4n) is 2.50. The highest BCUT2D eigenvalue weighted by Gasteiger charge is 2.28. The Balaban J connectivity index is 1.91. The molecule has 0 bridgehead atoms. The van der Waals surface area contributed by atoms with Gasteiger partial charge in [0.25, 0.3) is 0 Å². The zero-order valence-corrected chi connectivity index (χ0v) is 12.3. The molecule has 18 heavy (non-hydrogen) atoms. The van der Waals surface area contributed by atoms with Crippen molar-refractivity contribution < 1.29 is 4.74 Å². The van der Waals surface area contributed by atoms with E-state index in [2.05, 4.69) is 43.1 Å². The van der Waals surface area contributed by atoms with E-state index in [-0.39, 0.29) is 0 Å². The average molecular weight is 265 g/mol. The molecule has 1 fully saturated rings. The van der Waals surface area contributed by atoms with E-state index in [1.165, 1.54) is 23.5 Å². The van der Waals surface area contributed by atoms with Gasteiger partial charge in [-0.2, -0.15) is 11.8 Å². The summed E-state index contributed by atoms with van der Waals surface area (Å²) >= 11 is 2.06. The Morgan fingerprint density at radius 2 is 2.17 bits per heavy atom. The highest BCUT2D eigenvalue weighted by molar-refractivity contribution is 7.99. The van der Waals surface area contributed by atoms with Gasteiger partial charge in [-0.15, -0.1) is 0 Å². The van der Waals surface area contributed by atoms with E-state index in [0.717, 1.165) is 12.3 Å². The first kappa shape index (κ1) is 13.8. The Morgan fingerprint density at radius 1 is 1.39 bits per heavy atom. The number of hydrogen-bond acceptors (Lipinski definition) is 3. The van der Waals surface area contributed by atoms with Crippen molar-refractivity contribution in [3.8, 4) is 5.75 Å². The van der Waals surface area contributed by atoms with E-state index >= 15 is 0 Å². The molecule has 0 radical (unpaired) electrons. The number of hydrogen-bond donors (Lipinski definition) is 1. The van der Waals surface area contributed by atoms with Crippen molar-refractivity contribution in [3.63, 3.8) is 0 Å². The monoisotopic (exact) mass is 265 g/mol. The van der Waals surface area contributed by atoms with Gasteiger partial charge in [-0.25, -0.2) is 0 Å². The summed E-state index contributed by atoms with van der Waals surface area (Å²) in [6, 6.07) is 8.86. The van der Waals surface area contributed by atoms with Gasteiger partial charge in [0.05, 0.1) is 7.11 Å². The summed E-state index contributed by atoms with van der Waals surface area (Å²) in [7, 11) is 1.73. The summed E-state index contributed by atoms with van der Waals surface area (Å²) in [5.74, 6) is 3.48. The van der Waals surface area contributed by atoms with Crippen LogP contribution in [0.3, 0.4) is 0 Å². The SMILES string of the molecule is COc1ccccc1CNC1CSCC(C)(C)C1. The molecule has 1 aliphatic rings. The summed E-state index contributed by atoms with van der Waals surface area (Å²) in [6.45, 7) is 5.61.